The molecule has 0 aromatic rings. The number of rotatable bonds is 9. The van der Waals surface area contributed by atoms with Crippen LogP contribution in [0, 0.1) is 17.8 Å². The van der Waals surface area contributed by atoms with Crippen molar-refractivity contribution in [3.8, 4) is 0 Å². The molecule has 0 atom stereocenters. The molecule has 2 rings (SSSR count). The highest BCUT2D eigenvalue weighted by molar-refractivity contribution is 4.90. The van der Waals surface area contributed by atoms with Gasteiger partial charge in [0.25, 0.3) is 0 Å². The van der Waals surface area contributed by atoms with Gasteiger partial charge in [0.2, 0.25) is 0 Å². The molecule has 0 amide bonds. The zero-order valence-electron chi connectivity index (χ0n) is 16.2. The van der Waals surface area contributed by atoms with E-state index >= 15 is 0 Å². The van der Waals surface area contributed by atoms with Crippen molar-refractivity contribution in [2.24, 2.45) is 17.8 Å². The Morgan fingerprint density at radius 1 is 0.783 bits per heavy atom. The fourth-order valence-electron chi connectivity index (χ4n) is 5.50. The van der Waals surface area contributed by atoms with Crippen LogP contribution in [-0.4, -0.2) is 12.2 Å². The van der Waals surface area contributed by atoms with Crippen LogP contribution >= 0.6 is 0 Å². The lowest BCUT2D eigenvalue weighted by molar-refractivity contribution is -0.0846. The van der Waals surface area contributed by atoms with Crippen molar-refractivity contribution in [2.45, 2.75) is 116 Å². The topological polar surface area (TPSA) is 9.23 Å². The highest BCUT2D eigenvalue weighted by Crippen LogP contribution is 2.45. The lowest BCUT2D eigenvalue weighted by atomic mass is 9.67. The predicted octanol–water partition coefficient (Wildman–Crippen LogP) is 7.14. The minimum absolute atomic E-state index is 0.247. The number of unbranched alkanes of at least 4 members (excludes halogenated alkanes) is 2. The van der Waals surface area contributed by atoms with E-state index in [0.29, 0.717) is 0 Å². The van der Waals surface area contributed by atoms with Crippen LogP contribution in [-0.2, 0) is 4.74 Å². The number of ether oxygens (including phenoxy) is 1. The van der Waals surface area contributed by atoms with Crippen LogP contribution in [0.3, 0.4) is 0 Å². The Bertz CT molecular complexity index is 287. The zero-order valence-corrected chi connectivity index (χ0v) is 16.2. The summed E-state index contributed by atoms with van der Waals surface area (Å²) in [6.07, 6.45) is 20.0. The SMILES string of the molecule is CCCCCC1CCC(C2CCC(CCC)(OCC)CC2)CC1. The van der Waals surface area contributed by atoms with Gasteiger partial charge in [-0.3, -0.25) is 0 Å². The van der Waals surface area contributed by atoms with Gasteiger partial charge in [-0.2, -0.15) is 0 Å². The third kappa shape index (κ3) is 5.76. The van der Waals surface area contributed by atoms with Crippen molar-refractivity contribution in [2.75, 3.05) is 6.61 Å². The molecule has 136 valence electrons. The van der Waals surface area contributed by atoms with Crippen LogP contribution in [0.25, 0.3) is 0 Å². The Balaban J connectivity index is 1.71. The van der Waals surface area contributed by atoms with Crippen LogP contribution in [0.1, 0.15) is 111 Å². The maximum absolute atomic E-state index is 6.22. The van der Waals surface area contributed by atoms with E-state index in [4.69, 9.17) is 4.74 Å². The summed E-state index contributed by atoms with van der Waals surface area (Å²) in [4.78, 5) is 0. The van der Waals surface area contributed by atoms with Crippen molar-refractivity contribution >= 4 is 0 Å². The van der Waals surface area contributed by atoms with E-state index in [2.05, 4.69) is 20.8 Å². The van der Waals surface area contributed by atoms with E-state index < -0.39 is 0 Å². The molecule has 2 fully saturated rings. The van der Waals surface area contributed by atoms with Gasteiger partial charge in [0.05, 0.1) is 5.60 Å². The van der Waals surface area contributed by atoms with Gasteiger partial charge in [0.1, 0.15) is 0 Å². The van der Waals surface area contributed by atoms with E-state index in [1.807, 2.05) is 0 Å². The first-order valence-electron chi connectivity index (χ1n) is 10.9. The summed E-state index contributed by atoms with van der Waals surface area (Å²) >= 11 is 0. The Hall–Kier alpha value is -0.0400. The summed E-state index contributed by atoms with van der Waals surface area (Å²) in [5, 5.41) is 0. The molecule has 0 bridgehead atoms. The summed E-state index contributed by atoms with van der Waals surface area (Å²) < 4.78 is 6.22. The van der Waals surface area contributed by atoms with Gasteiger partial charge >= 0.3 is 0 Å². The fraction of sp³-hybridized carbons (Fsp3) is 1.00. The maximum atomic E-state index is 6.22. The lowest BCUT2D eigenvalue weighted by Crippen LogP contribution is -2.39. The van der Waals surface area contributed by atoms with E-state index in [1.165, 1.54) is 89.9 Å². The fourth-order valence-corrected chi connectivity index (χ4v) is 5.50. The average molecular weight is 323 g/mol. The molecule has 23 heavy (non-hydrogen) atoms. The van der Waals surface area contributed by atoms with Gasteiger partial charge < -0.3 is 4.74 Å². The first-order valence-corrected chi connectivity index (χ1v) is 10.9. The molecule has 0 radical (unpaired) electrons. The Kier molecular flexibility index (Phi) is 8.44. The minimum atomic E-state index is 0.247. The second kappa shape index (κ2) is 10.1. The van der Waals surface area contributed by atoms with E-state index in [0.717, 1.165) is 24.4 Å². The van der Waals surface area contributed by atoms with Crippen molar-refractivity contribution in [3.05, 3.63) is 0 Å². The standard InChI is InChI=1S/C22H42O/c1-4-7-8-9-19-10-12-20(13-11-19)21-14-17-22(16-5-2,18-15-21)23-6-3/h19-21H,4-18H2,1-3H3. The molecule has 2 saturated carbocycles. The Morgan fingerprint density at radius 3 is 2.00 bits per heavy atom. The van der Waals surface area contributed by atoms with Crippen molar-refractivity contribution in [3.63, 3.8) is 0 Å². The molecule has 0 aliphatic heterocycles. The third-order valence-corrected chi connectivity index (χ3v) is 6.87. The Morgan fingerprint density at radius 2 is 1.43 bits per heavy atom. The highest BCUT2D eigenvalue weighted by atomic mass is 16.5. The minimum Gasteiger partial charge on any atom is -0.375 e. The molecular weight excluding hydrogens is 280 g/mol. The summed E-state index contributed by atoms with van der Waals surface area (Å²) in [6.45, 7) is 7.70. The van der Waals surface area contributed by atoms with Crippen LogP contribution in [0.4, 0.5) is 0 Å². The van der Waals surface area contributed by atoms with Crippen molar-refractivity contribution in [1.82, 2.24) is 0 Å². The summed E-state index contributed by atoms with van der Waals surface area (Å²) in [5.41, 5.74) is 0.247. The number of hydrogen-bond acceptors (Lipinski definition) is 1. The van der Waals surface area contributed by atoms with Crippen molar-refractivity contribution in [1.29, 1.82) is 0 Å². The van der Waals surface area contributed by atoms with Gasteiger partial charge in [0, 0.05) is 6.61 Å². The van der Waals surface area contributed by atoms with E-state index in [9.17, 15) is 0 Å². The van der Waals surface area contributed by atoms with E-state index in [1.54, 1.807) is 0 Å². The molecule has 0 N–H and O–H groups in total. The molecule has 0 aromatic carbocycles. The molecule has 2 aliphatic carbocycles. The first kappa shape index (κ1) is 19.3. The lowest BCUT2D eigenvalue weighted by Gasteiger charge is -2.43. The molecule has 0 unspecified atom stereocenters. The molecule has 0 heterocycles. The molecule has 1 heteroatoms. The normalized spacial score (nSPS) is 35.3. The highest BCUT2D eigenvalue weighted by Gasteiger charge is 2.38. The first-order chi connectivity index (χ1) is 11.2. The van der Waals surface area contributed by atoms with Crippen LogP contribution in [0.5, 0.6) is 0 Å². The average Bonchev–Trinajstić information content (AvgIpc) is 2.57. The van der Waals surface area contributed by atoms with Gasteiger partial charge in [-0.05, 0) is 69.6 Å². The number of hydrogen-bond donors (Lipinski definition) is 0. The van der Waals surface area contributed by atoms with Gasteiger partial charge in [-0.15, -0.1) is 0 Å². The molecule has 0 aromatic heterocycles. The third-order valence-electron chi connectivity index (χ3n) is 6.87. The molecule has 2 aliphatic rings. The second-order valence-electron chi connectivity index (χ2n) is 8.48. The Labute approximate surface area is 146 Å². The second-order valence-corrected chi connectivity index (χ2v) is 8.48. The summed E-state index contributed by atoms with van der Waals surface area (Å²) in [7, 11) is 0. The summed E-state index contributed by atoms with van der Waals surface area (Å²) in [5.74, 6) is 3.11. The van der Waals surface area contributed by atoms with Crippen molar-refractivity contribution < 1.29 is 4.74 Å². The maximum Gasteiger partial charge on any atom is 0.0682 e. The van der Waals surface area contributed by atoms with Crippen LogP contribution in [0.15, 0.2) is 0 Å². The largest absolute Gasteiger partial charge is 0.375 e. The van der Waals surface area contributed by atoms with E-state index in [-0.39, 0.29) is 5.60 Å². The molecule has 0 saturated heterocycles. The molecule has 1 nitrogen and oxygen atoms in total. The quantitative estimate of drug-likeness (QED) is 0.410. The molecular formula is C22H42O. The smallest absolute Gasteiger partial charge is 0.0682 e. The van der Waals surface area contributed by atoms with Gasteiger partial charge in [0.15, 0.2) is 0 Å². The molecule has 0 spiro atoms. The predicted molar refractivity (Wildman–Crippen MR) is 101 cm³/mol. The zero-order chi connectivity index (χ0) is 16.5. The monoisotopic (exact) mass is 322 g/mol. The van der Waals surface area contributed by atoms with Crippen LogP contribution < -0.4 is 0 Å². The van der Waals surface area contributed by atoms with Crippen LogP contribution in [0.2, 0.25) is 0 Å². The van der Waals surface area contributed by atoms with Gasteiger partial charge in [-0.25, -0.2) is 0 Å². The summed E-state index contributed by atoms with van der Waals surface area (Å²) in [6, 6.07) is 0. The van der Waals surface area contributed by atoms with Gasteiger partial charge in [-0.1, -0.05) is 58.8 Å².